The third-order valence-corrected chi connectivity index (χ3v) is 5.52. The molecule has 5 aromatic rings. The van der Waals surface area contributed by atoms with Gasteiger partial charge < -0.3 is 10.4 Å². The van der Waals surface area contributed by atoms with Crippen molar-refractivity contribution in [3.63, 3.8) is 0 Å². The van der Waals surface area contributed by atoms with E-state index in [1.54, 1.807) is 36.8 Å². The van der Waals surface area contributed by atoms with E-state index in [0.29, 0.717) is 11.3 Å². The molecule has 0 amide bonds. The van der Waals surface area contributed by atoms with Gasteiger partial charge in [-0.15, -0.1) is 0 Å². The molecule has 0 atom stereocenters. The van der Waals surface area contributed by atoms with Crippen molar-refractivity contribution in [2.75, 3.05) is 10.7 Å². The molecule has 37 heavy (non-hydrogen) atoms. The Balaban J connectivity index is 1.21. The van der Waals surface area contributed by atoms with E-state index in [-0.39, 0.29) is 17.4 Å². The highest BCUT2D eigenvalue weighted by Gasteiger charge is 2.11. The van der Waals surface area contributed by atoms with E-state index >= 15 is 0 Å². The standard InChI is InChI=1S/C28H22FN7O/c1-18-14-30-12-11-25(18)27-26(29)17-32-28(35-27)36-33-16-22-9-10-23(15-31-22)34-21-7-5-19(6-8-21)20-3-2-4-24(37)13-20/h2-17,34,37H,1H3,(H,32,35,36). The van der Waals surface area contributed by atoms with Gasteiger partial charge in [-0.05, 0) is 66.1 Å². The molecule has 182 valence electrons. The first-order valence-corrected chi connectivity index (χ1v) is 11.4. The fourth-order valence-electron chi connectivity index (χ4n) is 3.66. The number of nitrogens with one attached hydrogen (secondary N) is 2. The van der Waals surface area contributed by atoms with E-state index in [9.17, 15) is 9.50 Å². The lowest BCUT2D eigenvalue weighted by molar-refractivity contribution is 0.475. The maximum Gasteiger partial charge on any atom is 0.244 e. The summed E-state index contributed by atoms with van der Waals surface area (Å²) in [4.78, 5) is 16.6. The Bertz CT molecular complexity index is 1550. The van der Waals surface area contributed by atoms with Gasteiger partial charge in [0, 0.05) is 23.6 Å². The molecular formula is C28H22FN7O. The average molecular weight is 492 g/mol. The van der Waals surface area contributed by atoms with Crippen LogP contribution in [0.2, 0.25) is 0 Å². The van der Waals surface area contributed by atoms with Crippen LogP contribution in [0.25, 0.3) is 22.4 Å². The summed E-state index contributed by atoms with van der Waals surface area (Å²) in [7, 11) is 0. The smallest absolute Gasteiger partial charge is 0.244 e. The predicted molar refractivity (Wildman–Crippen MR) is 142 cm³/mol. The number of benzene rings is 2. The molecule has 3 aromatic heterocycles. The van der Waals surface area contributed by atoms with Gasteiger partial charge in [0.2, 0.25) is 5.95 Å². The van der Waals surface area contributed by atoms with Gasteiger partial charge in [0.1, 0.15) is 11.4 Å². The Hall–Kier alpha value is -5.18. The van der Waals surface area contributed by atoms with E-state index in [4.69, 9.17) is 0 Å². The number of hydrogen-bond donors (Lipinski definition) is 3. The van der Waals surface area contributed by atoms with Crippen molar-refractivity contribution in [1.29, 1.82) is 0 Å². The number of hydrogen-bond acceptors (Lipinski definition) is 8. The SMILES string of the molecule is Cc1cnccc1-c1nc(NN=Cc2ccc(Nc3ccc(-c4cccc(O)c4)cc3)cn2)ncc1F. The Morgan fingerprint density at radius 1 is 0.892 bits per heavy atom. The van der Waals surface area contributed by atoms with E-state index in [2.05, 4.69) is 35.8 Å². The number of phenolic OH excluding ortho intramolecular Hbond substituents is 1. The number of aromatic hydroxyl groups is 1. The van der Waals surface area contributed by atoms with Crippen molar-refractivity contribution in [2.45, 2.75) is 6.92 Å². The number of hydrazone groups is 1. The largest absolute Gasteiger partial charge is 0.508 e. The normalized spacial score (nSPS) is 11.0. The zero-order valence-electron chi connectivity index (χ0n) is 19.8. The molecule has 0 saturated carbocycles. The van der Waals surface area contributed by atoms with E-state index in [0.717, 1.165) is 34.3 Å². The first-order chi connectivity index (χ1) is 18.0. The van der Waals surface area contributed by atoms with Crippen LogP contribution in [0.4, 0.5) is 21.7 Å². The maximum absolute atomic E-state index is 14.3. The molecule has 5 rings (SSSR count). The van der Waals surface area contributed by atoms with Crippen molar-refractivity contribution in [3.8, 4) is 28.1 Å². The number of aryl methyl sites for hydroxylation is 1. The van der Waals surface area contributed by atoms with Crippen molar-refractivity contribution in [3.05, 3.63) is 109 Å². The van der Waals surface area contributed by atoms with Crippen LogP contribution in [0.3, 0.4) is 0 Å². The summed E-state index contributed by atoms with van der Waals surface area (Å²) in [6.45, 7) is 1.84. The maximum atomic E-state index is 14.3. The molecule has 2 aromatic carbocycles. The summed E-state index contributed by atoms with van der Waals surface area (Å²) in [6.07, 6.45) is 7.57. The minimum absolute atomic E-state index is 0.163. The number of halogens is 1. The number of phenols is 1. The summed E-state index contributed by atoms with van der Waals surface area (Å²) in [6, 6.07) is 20.4. The average Bonchev–Trinajstić information content (AvgIpc) is 2.91. The van der Waals surface area contributed by atoms with Gasteiger partial charge >= 0.3 is 0 Å². The first kappa shape index (κ1) is 23.6. The lowest BCUT2D eigenvalue weighted by atomic mass is 10.1. The quantitative estimate of drug-likeness (QED) is 0.191. The first-order valence-electron chi connectivity index (χ1n) is 11.4. The monoisotopic (exact) mass is 491 g/mol. The zero-order chi connectivity index (χ0) is 25.6. The molecule has 0 fully saturated rings. The molecule has 0 radical (unpaired) electrons. The van der Waals surface area contributed by atoms with Crippen LogP contribution in [0, 0.1) is 12.7 Å². The minimum Gasteiger partial charge on any atom is -0.508 e. The van der Waals surface area contributed by atoms with Gasteiger partial charge in [0.25, 0.3) is 0 Å². The highest BCUT2D eigenvalue weighted by Crippen LogP contribution is 2.26. The summed E-state index contributed by atoms with van der Waals surface area (Å²) >= 11 is 0. The second-order valence-electron chi connectivity index (χ2n) is 8.18. The highest BCUT2D eigenvalue weighted by atomic mass is 19.1. The summed E-state index contributed by atoms with van der Waals surface area (Å²) in [5.74, 6) is -0.126. The summed E-state index contributed by atoms with van der Waals surface area (Å²) in [5, 5.41) is 17.1. The fourth-order valence-corrected chi connectivity index (χ4v) is 3.66. The number of pyridine rings is 2. The molecule has 0 aliphatic heterocycles. The molecule has 8 nitrogen and oxygen atoms in total. The van der Waals surface area contributed by atoms with Gasteiger partial charge in [-0.2, -0.15) is 5.10 Å². The van der Waals surface area contributed by atoms with Crippen LogP contribution in [-0.2, 0) is 0 Å². The van der Waals surface area contributed by atoms with Crippen LogP contribution in [-0.4, -0.2) is 31.3 Å². The van der Waals surface area contributed by atoms with Crippen LogP contribution in [0.1, 0.15) is 11.3 Å². The minimum atomic E-state index is -0.525. The molecule has 0 saturated heterocycles. The number of nitrogens with zero attached hydrogens (tertiary/aromatic N) is 5. The number of rotatable bonds is 7. The molecule has 0 aliphatic rings. The van der Waals surface area contributed by atoms with E-state index in [1.165, 1.54) is 6.21 Å². The molecule has 3 N–H and O–H groups in total. The van der Waals surface area contributed by atoms with E-state index < -0.39 is 5.82 Å². The van der Waals surface area contributed by atoms with Crippen LogP contribution >= 0.6 is 0 Å². The lowest BCUT2D eigenvalue weighted by Crippen LogP contribution is -2.01. The fraction of sp³-hybridized carbons (Fsp3) is 0.0357. The molecule has 0 bridgehead atoms. The van der Waals surface area contributed by atoms with Gasteiger partial charge in [-0.1, -0.05) is 24.3 Å². The Labute approximate surface area is 212 Å². The highest BCUT2D eigenvalue weighted by molar-refractivity contribution is 5.78. The second kappa shape index (κ2) is 10.6. The number of aromatic nitrogens is 4. The van der Waals surface area contributed by atoms with Crippen molar-refractivity contribution in [2.24, 2.45) is 5.10 Å². The topological polar surface area (TPSA) is 108 Å². The molecule has 9 heteroatoms. The Morgan fingerprint density at radius 3 is 2.49 bits per heavy atom. The van der Waals surface area contributed by atoms with Gasteiger partial charge in [-0.3, -0.25) is 9.97 Å². The van der Waals surface area contributed by atoms with Gasteiger partial charge in [0.05, 0.1) is 30.0 Å². The summed E-state index contributed by atoms with van der Waals surface area (Å²) in [5.41, 5.74) is 8.63. The zero-order valence-corrected chi connectivity index (χ0v) is 19.8. The lowest BCUT2D eigenvalue weighted by Gasteiger charge is -2.08. The molecule has 0 aliphatic carbocycles. The molecule has 0 spiro atoms. The second-order valence-corrected chi connectivity index (χ2v) is 8.18. The van der Waals surface area contributed by atoms with Gasteiger partial charge in [0.15, 0.2) is 5.82 Å². The van der Waals surface area contributed by atoms with Gasteiger partial charge in [-0.25, -0.2) is 19.8 Å². The summed E-state index contributed by atoms with van der Waals surface area (Å²) < 4.78 is 14.3. The van der Waals surface area contributed by atoms with Crippen molar-refractivity contribution >= 4 is 23.5 Å². The van der Waals surface area contributed by atoms with Crippen LogP contribution in [0.5, 0.6) is 5.75 Å². The Morgan fingerprint density at radius 2 is 1.73 bits per heavy atom. The number of anilines is 3. The van der Waals surface area contributed by atoms with Crippen molar-refractivity contribution < 1.29 is 9.50 Å². The van der Waals surface area contributed by atoms with Crippen LogP contribution in [0.15, 0.2) is 96.6 Å². The Kier molecular flexibility index (Phi) is 6.76. The molecule has 0 unspecified atom stereocenters. The third kappa shape index (κ3) is 5.73. The van der Waals surface area contributed by atoms with Crippen LogP contribution < -0.4 is 10.7 Å². The molecule has 3 heterocycles. The van der Waals surface area contributed by atoms with Crippen molar-refractivity contribution in [1.82, 2.24) is 19.9 Å². The molecular weight excluding hydrogens is 469 g/mol. The van der Waals surface area contributed by atoms with E-state index in [1.807, 2.05) is 55.5 Å². The third-order valence-electron chi connectivity index (χ3n) is 5.52. The predicted octanol–water partition coefficient (Wildman–Crippen LogP) is 5.94.